The number of benzene rings is 2. The van der Waals surface area contributed by atoms with Gasteiger partial charge < -0.3 is 14.6 Å². The smallest absolute Gasteiger partial charge is 0.325 e. The number of hydrogen-bond donors (Lipinski definition) is 1. The summed E-state index contributed by atoms with van der Waals surface area (Å²) in [7, 11) is 1.74. The molecule has 2 aromatic carbocycles. The van der Waals surface area contributed by atoms with Crippen LogP contribution < -0.4 is 5.32 Å². The number of para-hydroxylation sites is 1. The van der Waals surface area contributed by atoms with Crippen molar-refractivity contribution < 1.29 is 18.8 Å². The van der Waals surface area contributed by atoms with Crippen molar-refractivity contribution in [2.24, 2.45) is 0 Å². The van der Waals surface area contributed by atoms with Gasteiger partial charge in [0.25, 0.3) is 5.91 Å². The van der Waals surface area contributed by atoms with Crippen LogP contribution in [0.4, 0.5) is 4.79 Å². The third kappa shape index (κ3) is 3.16. The van der Waals surface area contributed by atoms with Crippen LogP contribution in [-0.2, 0) is 21.5 Å². The molecule has 1 N–H and O–H groups in total. The summed E-state index contributed by atoms with van der Waals surface area (Å²) in [6, 6.07) is 16.6. The van der Waals surface area contributed by atoms with Crippen LogP contribution in [0.15, 0.2) is 59.0 Å². The van der Waals surface area contributed by atoms with Crippen LogP contribution in [0.2, 0.25) is 0 Å². The number of fused-ring (bicyclic) bond motifs is 2. The van der Waals surface area contributed by atoms with Crippen molar-refractivity contribution in [1.82, 2.24) is 15.1 Å². The zero-order valence-electron chi connectivity index (χ0n) is 18.1. The van der Waals surface area contributed by atoms with Crippen LogP contribution in [0.3, 0.4) is 0 Å². The van der Waals surface area contributed by atoms with Crippen LogP contribution in [-0.4, -0.2) is 41.2 Å². The number of furan rings is 1. The molecule has 2 unspecified atom stereocenters. The summed E-state index contributed by atoms with van der Waals surface area (Å²) in [4.78, 5) is 41.7. The van der Waals surface area contributed by atoms with E-state index in [0.29, 0.717) is 11.3 Å². The molecule has 0 saturated carbocycles. The highest BCUT2D eigenvalue weighted by Gasteiger charge is 2.52. The van der Waals surface area contributed by atoms with Gasteiger partial charge in [0, 0.05) is 12.4 Å². The molecule has 5 rings (SSSR count). The first kappa shape index (κ1) is 20.3. The van der Waals surface area contributed by atoms with Gasteiger partial charge in [-0.2, -0.15) is 0 Å². The molecule has 7 nitrogen and oxygen atoms in total. The maximum Gasteiger partial charge on any atom is 0.325 e. The first-order chi connectivity index (χ1) is 15.4. The Morgan fingerprint density at radius 2 is 1.94 bits per heavy atom. The Balaban J connectivity index is 1.36. The SMILES string of the molecule is CN(C(=O)CN1C(=O)NC(C)(c2cc3ccccc3o2)C1=O)C1CCCc2ccccc21. The van der Waals surface area contributed by atoms with Crippen molar-refractivity contribution in [1.29, 1.82) is 0 Å². The first-order valence-electron chi connectivity index (χ1n) is 10.8. The molecule has 1 saturated heterocycles. The highest BCUT2D eigenvalue weighted by atomic mass is 16.3. The molecule has 4 amide bonds. The Bertz CT molecular complexity index is 1200. The predicted molar refractivity (Wildman–Crippen MR) is 119 cm³/mol. The monoisotopic (exact) mass is 431 g/mol. The van der Waals surface area contributed by atoms with Crippen LogP contribution in [0.1, 0.15) is 42.7 Å². The van der Waals surface area contributed by atoms with Crippen LogP contribution >= 0.6 is 0 Å². The van der Waals surface area contributed by atoms with Gasteiger partial charge in [-0.25, -0.2) is 4.79 Å². The van der Waals surface area contributed by atoms with Gasteiger partial charge in [0.1, 0.15) is 17.9 Å². The molecule has 0 spiro atoms. The minimum atomic E-state index is -1.35. The Morgan fingerprint density at radius 1 is 1.19 bits per heavy atom. The quantitative estimate of drug-likeness (QED) is 0.638. The molecule has 0 bridgehead atoms. The van der Waals surface area contributed by atoms with Gasteiger partial charge in [-0.05, 0) is 49.4 Å². The maximum atomic E-state index is 13.3. The highest BCUT2D eigenvalue weighted by Crippen LogP contribution is 2.35. The molecule has 7 heteroatoms. The molecule has 32 heavy (non-hydrogen) atoms. The molecule has 0 radical (unpaired) electrons. The number of likely N-dealkylation sites (N-methyl/N-ethyl adjacent to an activating group) is 1. The van der Waals surface area contributed by atoms with Gasteiger partial charge in [0.2, 0.25) is 5.91 Å². The van der Waals surface area contributed by atoms with E-state index in [4.69, 9.17) is 4.42 Å². The standard InChI is InChI=1S/C25H25N3O4/c1-25(21-14-17-9-4-6-13-20(17)32-21)23(30)28(24(31)26-25)15-22(29)27(2)19-12-7-10-16-8-3-5-11-18(16)19/h3-6,8-9,11,13-14,19H,7,10,12,15H2,1-2H3,(H,26,31). The van der Waals surface area contributed by atoms with Crippen LogP contribution in [0, 0.1) is 0 Å². The van der Waals surface area contributed by atoms with Gasteiger partial charge in [-0.15, -0.1) is 0 Å². The maximum absolute atomic E-state index is 13.3. The molecule has 2 atom stereocenters. The lowest BCUT2D eigenvalue weighted by Crippen LogP contribution is -2.44. The second-order valence-corrected chi connectivity index (χ2v) is 8.71. The zero-order valence-corrected chi connectivity index (χ0v) is 18.1. The molecule has 1 aliphatic carbocycles. The van der Waals surface area contributed by atoms with Crippen LogP contribution in [0.25, 0.3) is 11.0 Å². The van der Waals surface area contributed by atoms with Crippen molar-refractivity contribution >= 4 is 28.8 Å². The van der Waals surface area contributed by atoms with Gasteiger partial charge in [0.05, 0.1) is 6.04 Å². The fraction of sp³-hybridized carbons (Fsp3) is 0.320. The van der Waals surface area contributed by atoms with E-state index < -0.39 is 17.5 Å². The van der Waals surface area contributed by atoms with Crippen molar-refractivity contribution in [2.75, 3.05) is 13.6 Å². The highest BCUT2D eigenvalue weighted by molar-refractivity contribution is 6.09. The van der Waals surface area contributed by atoms with E-state index >= 15 is 0 Å². The van der Waals surface area contributed by atoms with E-state index in [9.17, 15) is 14.4 Å². The molecule has 164 valence electrons. The summed E-state index contributed by atoms with van der Waals surface area (Å²) in [6.45, 7) is 1.30. The average Bonchev–Trinajstić information content (AvgIpc) is 3.34. The molecule has 2 aliphatic rings. The summed E-state index contributed by atoms with van der Waals surface area (Å²) >= 11 is 0. The van der Waals surface area contributed by atoms with Gasteiger partial charge >= 0.3 is 6.03 Å². The van der Waals surface area contributed by atoms with E-state index in [1.807, 2.05) is 36.4 Å². The fourth-order valence-electron chi connectivity index (χ4n) is 4.79. The normalized spacial score (nSPS) is 22.7. The zero-order chi connectivity index (χ0) is 22.5. The minimum absolute atomic E-state index is 0.0602. The first-order valence-corrected chi connectivity index (χ1v) is 10.8. The van der Waals surface area contributed by atoms with E-state index in [2.05, 4.69) is 17.4 Å². The van der Waals surface area contributed by atoms with E-state index in [-0.39, 0.29) is 18.5 Å². The Kier molecular flexibility index (Phi) is 4.77. The van der Waals surface area contributed by atoms with Crippen molar-refractivity contribution in [3.8, 4) is 0 Å². The second-order valence-electron chi connectivity index (χ2n) is 8.71. The number of carbonyl (C=O) groups is 3. The van der Waals surface area contributed by atoms with Crippen molar-refractivity contribution in [2.45, 2.75) is 37.8 Å². The third-order valence-electron chi connectivity index (χ3n) is 6.69. The van der Waals surface area contributed by atoms with E-state index in [0.717, 1.165) is 35.1 Å². The predicted octanol–water partition coefficient (Wildman–Crippen LogP) is 3.74. The summed E-state index contributed by atoms with van der Waals surface area (Å²) in [5.74, 6) is -0.419. The lowest BCUT2D eigenvalue weighted by molar-refractivity contribution is -0.139. The lowest BCUT2D eigenvalue weighted by Gasteiger charge is -2.34. The molecular formula is C25H25N3O4. The molecule has 1 fully saturated rings. The molecular weight excluding hydrogens is 406 g/mol. The number of nitrogens with one attached hydrogen (secondary N) is 1. The number of amides is 4. The number of hydrogen-bond acceptors (Lipinski definition) is 4. The number of rotatable bonds is 4. The molecule has 2 heterocycles. The molecule has 3 aromatic rings. The molecule has 1 aliphatic heterocycles. The Hall–Kier alpha value is -3.61. The van der Waals surface area contributed by atoms with Crippen molar-refractivity contribution in [3.63, 3.8) is 0 Å². The number of aryl methyl sites for hydroxylation is 1. The van der Waals surface area contributed by atoms with E-state index in [1.54, 1.807) is 24.9 Å². The number of carbonyl (C=O) groups excluding carboxylic acids is 3. The van der Waals surface area contributed by atoms with E-state index in [1.165, 1.54) is 5.56 Å². The summed E-state index contributed by atoms with van der Waals surface area (Å²) in [6.07, 6.45) is 2.85. The molecule has 1 aromatic heterocycles. The average molecular weight is 431 g/mol. The Morgan fingerprint density at radius 3 is 2.75 bits per heavy atom. The van der Waals surface area contributed by atoms with Crippen LogP contribution in [0.5, 0.6) is 0 Å². The summed E-state index contributed by atoms with van der Waals surface area (Å²) in [5.41, 5.74) is 1.66. The van der Waals surface area contributed by atoms with Gasteiger partial charge in [-0.1, -0.05) is 42.5 Å². The fourth-order valence-corrected chi connectivity index (χ4v) is 4.79. The number of nitrogens with zero attached hydrogens (tertiary/aromatic N) is 2. The summed E-state index contributed by atoms with van der Waals surface area (Å²) in [5, 5.41) is 3.56. The second kappa shape index (κ2) is 7.51. The summed E-state index contributed by atoms with van der Waals surface area (Å²) < 4.78 is 5.85. The van der Waals surface area contributed by atoms with Gasteiger partial charge in [0.15, 0.2) is 5.54 Å². The number of imide groups is 1. The lowest BCUT2D eigenvalue weighted by atomic mass is 9.87. The minimum Gasteiger partial charge on any atom is -0.458 e. The van der Waals surface area contributed by atoms with Crippen molar-refractivity contribution in [3.05, 3.63) is 71.5 Å². The Labute approximate surface area is 186 Å². The third-order valence-corrected chi connectivity index (χ3v) is 6.69. The number of urea groups is 1. The largest absolute Gasteiger partial charge is 0.458 e. The van der Waals surface area contributed by atoms with Gasteiger partial charge in [-0.3, -0.25) is 14.5 Å². The topological polar surface area (TPSA) is 82.9 Å².